The first-order valence-electron chi connectivity index (χ1n) is 11.7. The lowest BCUT2D eigenvalue weighted by Gasteiger charge is -2.37. The molecule has 1 aromatic carbocycles. The number of ether oxygens (including phenoxy) is 2. The van der Waals surface area contributed by atoms with E-state index in [0.717, 1.165) is 23.7 Å². The topological polar surface area (TPSA) is 85.4 Å². The molecular weight excluding hydrogens is 460 g/mol. The monoisotopic (exact) mass is 500 g/mol. The Kier molecular flexibility index (Phi) is 9.78. The predicted molar refractivity (Wildman–Crippen MR) is 132 cm³/mol. The molecule has 1 heterocycles. The zero-order chi connectivity index (χ0) is 24.8. The summed E-state index contributed by atoms with van der Waals surface area (Å²) in [4.78, 5) is 14.4. The van der Waals surface area contributed by atoms with Gasteiger partial charge in [-0.1, -0.05) is 32.9 Å². The first-order chi connectivity index (χ1) is 15.6. The van der Waals surface area contributed by atoms with E-state index in [1.54, 1.807) is 12.0 Å². The van der Waals surface area contributed by atoms with Gasteiger partial charge in [0.05, 0.1) is 33.1 Å². The van der Waals surface area contributed by atoms with E-state index in [2.05, 4.69) is 20.8 Å². The van der Waals surface area contributed by atoms with Crippen LogP contribution in [0.2, 0.25) is 18.1 Å². The van der Waals surface area contributed by atoms with Crippen LogP contribution in [0.5, 0.6) is 5.75 Å². The van der Waals surface area contributed by atoms with Gasteiger partial charge in [-0.2, -0.15) is 4.31 Å². The van der Waals surface area contributed by atoms with Gasteiger partial charge in [-0.25, -0.2) is 13.2 Å². The molecule has 2 rings (SSSR count). The number of likely N-dealkylation sites (tertiary alicyclic amines) is 1. The highest BCUT2D eigenvalue weighted by Gasteiger charge is 2.48. The highest BCUT2D eigenvalue weighted by Crippen LogP contribution is 2.33. The molecule has 0 saturated carbocycles. The molecule has 0 spiro atoms. The van der Waals surface area contributed by atoms with Gasteiger partial charge in [0.15, 0.2) is 8.32 Å². The second kappa shape index (κ2) is 11.7. The molecule has 0 aromatic heterocycles. The van der Waals surface area contributed by atoms with Crippen LogP contribution in [0.4, 0.5) is 4.79 Å². The van der Waals surface area contributed by atoms with Crippen molar-refractivity contribution in [3.63, 3.8) is 0 Å². The number of carbonyl (C=O) groups is 1. The van der Waals surface area contributed by atoms with E-state index in [-0.39, 0.29) is 12.6 Å². The summed E-state index contributed by atoms with van der Waals surface area (Å²) < 4.78 is 44.2. The molecule has 1 aliphatic heterocycles. The number of nitrogens with zero attached hydrogens (tertiary/aromatic N) is 2. The number of hydrogen-bond acceptors (Lipinski definition) is 6. The smallest absolute Gasteiger partial charge is 0.410 e. The first kappa shape index (κ1) is 27.6. The average molecular weight is 501 g/mol. The number of sulfonamides is 1. The fraction of sp³-hybridized carbons (Fsp3) is 0.696. The lowest BCUT2D eigenvalue weighted by atomic mass is 10.1. The Morgan fingerprint density at radius 3 is 2.15 bits per heavy atom. The van der Waals surface area contributed by atoms with E-state index in [1.165, 1.54) is 17.7 Å². The lowest BCUT2D eigenvalue weighted by molar-refractivity contribution is 0.0795. The maximum Gasteiger partial charge on any atom is 0.410 e. The largest absolute Gasteiger partial charge is 0.497 e. The van der Waals surface area contributed by atoms with Crippen LogP contribution in [-0.2, 0) is 25.7 Å². The summed E-state index contributed by atoms with van der Waals surface area (Å²) in [7, 11) is -2.55. The van der Waals surface area contributed by atoms with Crippen molar-refractivity contribution in [3.05, 3.63) is 29.8 Å². The summed E-state index contributed by atoms with van der Waals surface area (Å²) in [5, 5.41) is 0. The van der Waals surface area contributed by atoms with Crippen molar-refractivity contribution >= 4 is 24.4 Å². The average Bonchev–Trinajstić information content (AvgIpc) is 3.13. The standard InChI is InChI=1S/C23H40N2O6SSi/c1-8-33(9-2,10-3)31-17-22-21(15-18(4)25(22)23(26)30-6)24(32(7,27)28)16-19-11-13-20(29-5)14-12-19/h11-14,18,21-22H,8-10,15-17H2,1-7H3/t18-,21+,22+/m1/s1. The van der Waals surface area contributed by atoms with Crippen molar-refractivity contribution in [2.75, 3.05) is 27.1 Å². The third-order valence-corrected chi connectivity index (χ3v) is 12.9. The van der Waals surface area contributed by atoms with E-state index in [9.17, 15) is 13.2 Å². The lowest BCUT2D eigenvalue weighted by Crippen LogP contribution is -2.53. The normalized spacial score (nSPS) is 21.5. The molecule has 33 heavy (non-hydrogen) atoms. The zero-order valence-corrected chi connectivity index (χ0v) is 22.9. The minimum absolute atomic E-state index is 0.169. The minimum atomic E-state index is -3.57. The van der Waals surface area contributed by atoms with Crippen LogP contribution in [0, 0.1) is 0 Å². The van der Waals surface area contributed by atoms with Crippen LogP contribution in [0.3, 0.4) is 0 Å². The molecule has 0 N–H and O–H groups in total. The molecule has 1 aliphatic rings. The minimum Gasteiger partial charge on any atom is -0.497 e. The summed E-state index contributed by atoms with van der Waals surface area (Å²) >= 11 is 0. The number of rotatable bonds is 11. The fourth-order valence-corrected chi connectivity index (χ4v) is 8.50. The molecule has 1 amide bonds. The van der Waals surface area contributed by atoms with Gasteiger partial charge in [-0.15, -0.1) is 0 Å². The van der Waals surface area contributed by atoms with Crippen molar-refractivity contribution in [2.45, 2.75) is 76.9 Å². The molecule has 0 aliphatic carbocycles. The number of carbonyl (C=O) groups excluding carboxylic acids is 1. The van der Waals surface area contributed by atoms with E-state index in [4.69, 9.17) is 13.9 Å². The second-order valence-corrected chi connectivity index (χ2v) is 15.5. The Morgan fingerprint density at radius 2 is 1.70 bits per heavy atom. The van der Waals surface area contributed by atoms with Crippen LogP contribution in [0.15, 0.2) is 24.3 Å². The molecule has 8 nitrogen and oxygen atoms in total. The van der Waals surface area contributed by atoms with Gasteiger partial charge >= 0.3 is 6.09 Å². The molecule has 1 fully saturated rings. The Hall–Kier alpha value is -1.62. The third kappa shape index (κ3) is 6.49. The molecule has 3 atom stereocenters. The van der Waals surface area contributed by atoms with Gasteiger partial charge in [-0.3, -0.25) is 4.90 Å². The third-order valence-electron chi connectivity index (χ3n) is 7.03. The summed E-state index contributed by atoms with van der Waals surface area (Å²) in [5.74, 6) is 0.710. The Bertz CT molecular complexity index is 867. The quantitative estimate of drug-likeness (QED) is 0.426. The molecular formula is C23H40N2O6SSi. The van der Waals surface area contributed by atoms with Crippen LogP contribution in [0.25, 0.3) is 0 Å². The number of methoxy groups -OCH3 is 2. The maximum atomic E-state index is 12.9. The first-order valence-corrected chi connectivity index (χ1v) is 16.0. The zero-order valence-electron chi connectivity index (χ0n) is 21.0. The van der Waals surface area contributed by atoms with Gasteiger partial charge in [0.2, 0.25) is 10.0 Å². The molecule has 0 bridgehead atoms. The molecule has 0 unspecified atom stereocenters. The van der Waals surface area contributed by atoms with Crippen molar-refractivity contribution in [3.8, 4) is 5.75 Å². The van der Waals surface area contributed by atoms with Gasteiger partial charge in [0, 0.05) is 18.6 Å². The maximum absolute atomic E-state index is 12.9. The summed E-state index contributed by atoms with van der Waals surface area (Å²) in [6.07, 6.45) is 1.29. The summed E-state index contributed by atoms with van der Waals surface area (Å²) in [6.45, 7) is 8.90. The number of benzene rings is 1. The van der Waals surface area contributed by atoms with Crippen molar-refractivity contribution < 1.29 is 27.1 Å². The molecule has 10 heteroatoms. The van der Waals surface area contributed by atoms with Gasteiger partial charge in [-0.05, 0) is 49.2 Å². The van der Waals surface area contributed by atoms with Crippen molar-refractivity contribution in [1.29, 1.82) is 0 Å². The van der Waals surface area contributed by atoms with E-state index < -0.39 is 36.5 Å². The van der Waals surface area contributed by atoms with Crippen LogP contribution < -0.4 is 4.74 Å². The predicted octanol–water partition coefficient (Wildman–Crippen LogP) is 4.08. The summed E-state index contributed by atoms with van der Waals surface area (Å²) in [5.41, 5.74) is 0.851. The van der Waals surface area contributed by atoms with Crippen LogP contribution in [-0.4, -0.2) is 77.2 Å². The number of hydrogen-bond donors (Lipinski definition) is 0. The Labute approximate surface area is 200 Å². The second-order valence-electron chi connectivity index (χ2n) is 8.81. The van der Waals surface area contributed by atoms with Gasteiger partial charge < -0.3 is 13.9 Å². The molecule has 1 saturated heterocycles. The van der Waals surface area contributed by atoms with Gasteiger partial charge in [0.25, 0.3) is 0 Å². The molecule has 188 valence electrons. The van der Waals surface area contributed by atoms with E-state index >= 15 is 0 Å². The van der Waals surface area contributed by atoms with Gasteiger partial charge in [0.1, 0.15) is 5.75 Å². The summed E-state index contributed by atoms with van der Waals surface area (Å²) in [6, 6.07) is 9.30. The molecule has 1 aromatic rings. The molecule has 0 radical (unpaired) electrons. The SMILES string of the molecule is CC[Si](CC)(CC)OC[C@H]1[C@@H](N(Cc2ccc(OC)cc2)S(C)(=O)=O)C[C@@H](C)N1C(=O)OC. The fourth-order valence-electron chi connectivity index (χ4n) is 4.76. The highest BCUT2D eigenvalue weighted by atomic mass is 32.2. The van der Waals surface area contributed by atoms with Crippen molar-refractivity contribution in [2.24, 2.45) is 0 Å². The highest BCUT2D eigenvalue weighted by molar-refractivity contribution is 7.88. The van der Waals surface area contributed by atoms with Crippen LogP contribution in [0.1, 0.15) is 39.7 Å². The van der Waals surface area contributed by atoms with Crippen LogP contribution >= 0.6 is 0 Å². The number of amides is 1. The van der Waals surface area contributed by atoms with E-state index in [1.807, 2.05) is 31.2 Å². The van der Waals surface area contributed by atoms with Crippen molar-refractivity contribution in [1.82, 2.24) is 9.21 Å². The Balaban J connectivity index is 2.41. The van der Waals surface area contributed by atoms with E-state index in [0.29, 0.717) is 18.8 Å². The Morgan fingerprint density at radius 1 is 1.12 bits per heavy atom.